The molecule has 4 heteroatoms. The molecule has 0 atom stereocenters. The Morgan fingerprint density at radius 2 is 1.94 bits per heavy atom. The fourth-order valence-corrected chi connectivity index (χ4v) is 1.60. The van der Waals surface area contributed by atoms with E-state index in [9.17, 15) is 4.79 Å². The highest BCUT2D eigenvalue weighted by atomic mass is 35.5. The van der Waals surface area contributed by atoms with Gasteiger partial charge in [0.15, 0.2) is 0 Å². The molecule has 0 aliphatic carbocycles. The third-order valence-electron chi connectivity index (χ3n) is 2.24. The zero-order valence-electron chi connectivity index (χ0n) is 9.27. The van der Waals surface area contributed by atoms with Crippen LogP contribution in [0.2, 0.25) is 5.02 Å². The van der Waals surface area contributed by atoms with Gasteiger partial charge < -0.3 is 5.32 Å². The van der Waals surface area contributed by atoms with Gasteiger partial charge in [-0.2, -0.15) is 0 Å². The van der Waals surface area contributed by atoms with Crippen LogP contribution < -0.4 is 5.32 Å². The molecule has 0 unspecified atom stereocenters. The molecule has 0 fully saturated rings. The molecule has 17 heavy (non-hydrogen) atoms. The van der Waals surface area contributed by atoms with E-state index in [1.54, 1.807) is 24.3 Å². The van der Waals surface area contributed by atoms with Crippen molar-refractivity contribution in [1.29, 1.82) is 0 Å². The van der Waals surface area contributed by atoms with Gasteiger partial charge in [-0.15, -0.1) is 0 Å². The van der Waals surface area contributed by atoms with Crippen LogP contribution in [0.1, 0.15) is 16.2 Å². The number of para-hydroxylation sites is 1. The van der Waals surface area contributed by atoms with E-state index in [0.29, 0.717) is 16.4 Å². The van der Waals surface area contributed by atoms with Crippen LogP contribution in [0, 0.1) is 6.92 Å². The number of aromatic nitrogens is 1. The minimum absolute atomic E-state index is 0.262. The summed E-state index contributed by atoms with van der Waals surface area (Å²) in [5.74, 6) is -0.262. The zero-order chi connectivity index (χ0) is 12.3. The summed E-state index contributed by atoms with van der Waals surface area (Å²) < 4.78 is 0. The molecule has 2 rings (SSSR count). The van der Waals surface area contributed by atoms with Gasteiger partial charge in [0.25, 0.3) is 5.91 Å². The van der Waals surface area contributed by atoms with Crippen LogP contribution in [0.4, 0.5) is 5.69 Å². The lowest BCUT2D eigenvalue weighted by molar-refractivity contribution is 0.102. The highest BCUT2D eigenvalue weighted by Crippen LogP contribution is 2.20. The summed E-state index contributed by atoms with van der Waals surface area (Å²) in [7, 11) is 0. The van der Waals surface area contributed by atoms with Gasteiger partial charge in [0, 0.05) is 5.69 Å². The highest BCUT2D eigenvalue weighted by molar-refractivity contribution is 6.33. The first-order valence-corrected chi connectivity index (χ1v) is 5.54. The number of hydrogen-bond donors (Lipinski definition) is 1. The normalized spacial score (nSPS) is 10.0. The topological polar surface area (TPSA) is 42.0 Å². The third-order valence-corrected chi connectivity index (χ3v) is 2.57. The maximum absolute atomic E-state index is 11.9. The highest BCUT2D eigenvalue weighted by Gasteiger charge is 2.09. The Hall–Kier alpha value is -1.87. The number of nitrogens with zero attached hydrogens (tertiary/aromatic N) is 1. The second kappa shape index (κ2) is 4.97. The number of carbonyl (C=O) groups excluding carboxylic acids is 1. The number of aryl methyl sites for hydroxylation is 1. The van der Waals surface area contributed by atoms with Crippen LogP contribution in [0.15, 0.2) is 42.5 Å². The number of amides is 1. The maximum Gasteiger partial charge on any atom is 0.274 e. The summed E-state index contributed by atoms with van der Waals surface area (Å²) >= 11 is 5.95. The van der Waals surface area contributed by atoms with Crippen LogP contribution in [0.5, 0.6) is 0 Å². The summed E-state index contributed by atoms with van der Waals surface area (Å²) in [6.45, 7) is 1.84. The average molecular weight is 247 g/mol. The summed E-state index contributed by atoms with van der Waals surface area (Å²) in [4.78, 5) is 16.0. The fourth-order valence-electron chi connectivity index (χ4n) is 1.42. The van der Waals surface area contributed by atoms with E-state index in [1.807, 2.05) is 25.1 Å². The van der Waals surface area contributed by atoms with Crippen LogP contribution in [0.3, 0.4) is 0 Å². The Morgan fingerprint density at radius 3 is 2.65 bits per heavy atom. The first kappa shape index (κ1) is 11.6. The van der Waals surface area contributed by atoms with Crippen LogP contribution in [-0.2, 0) is 0 Å². The van der Waals surface area contributed by atoms with Gasteiger partial charge in [0.05, 0.1) is 10.7 Å². The first-order chi connectivity index (χ1) is 8.16. The van der Waals surface area contributed by atoms with Gasteiger partial charge >= 0.3 is 0 Å². The SMILES string of the molecule is Cc1cccc(C(=O)Nc2ccccc2Cl)n1. The summed E-state index contributed by atoms with van der Waals surface area (Å²) in [5, 5.41) is 3.23. The monoisotopic (exact) mass is 246 g/mol. The zero-order valence-corrected chi connectivity index (χ0v) is 10.0. The number of hydrogen-bond acceptors (Lipinski definition) is 2. The maximum atomic E-state index is 11.9. The quantitative estimate of drug-likeness (QED) is 0.884. The van der Waals surface area contributed by atoms with Crippen LogP contribution >= 0.6 is 11.6 Å². The fraction of sp³-hybridized carbons (Fsp3) is 0.0769. The first-order valence-electron chi connectivity index (χ1n) is 5.16. The number of rotatable bonds is 2. The lowest BCUT2D eigenvalue weighted by atomic mass is 10.2. The van der Waals surface area contributed by atoms with Gasteiger partial charge in [-0.05, 0) is 31.2 Å². The number of carbonyl (C=O) groups is 1. The van der Waals surface area contributed by atoms with Gasteiger partial charge in [0.2, 0.25) is 0 Å². The molecule has 0 spiro atoms. The van der Waals surface area contributed by atoms with Crippen molar-refractivity contribution in [2.24, 2.45) is 0 Å². The predicted molar refractivity (Wildman–Crippen MR) is 68.4 cm³/mol. The Kier molecular flexibility index (Phi) is 3.40. The van der Waals surface area contributed by atoms with Gasteiger partial charge in [0.1, 0.15) is 5.69 Å². The molecule has 86 valence electrons. The molecule has 0 saturated heterocycles. The third kappa shape index (κ3) is 2.82. The Labute approximate surface area is 104 Å². The molecule has 2 aromatic rings. The second-order valence-electron chi connectivity index (χ2n) is 3.60. The van der Waals surface area contributed by atoms with Crippen LogP contribution in [0.25, 0.3) is 0 Å². The molecular formula is C13H11ClN2O. The van der Waals surface area contributed by atoms with Crippen molar-refractivity contribution in [2.45, 2.75) is 6.92 Å². The molecule has 1 amide bonds. The number of anilines is 1. The molecule has 0 bridgehead atoms. The molecule has 1 heterocycles. The molecule has 0 radical (unpaired) electrons. The van der Waals surface area contributed by atoms with Gasteiger partial charge in [-0.25, -0.2) is 4.98 Å². The second-order valence-corrected chi connectivity index (χ2v) is 4.01. The Morgan fingerprint density at radius 1 is 1.18 bits per heavy atom. The van der Waals surface area contributed by atoms with Crippen molar-refractivity contribution >= 4 is 23.2 Å². The van der Waals surface area contributed by atoms with Crippen LogP contribution in [-0.4, -0.2) is 10.9 Å². The van der Waals surface area contributed by atoms with Crippen molar-refractivity contribution in [3.8, 4) is 0 Å². The van der Waals surface area contributed by atoms with E-state index >= 15 is 0 Å². The number of halogens is 1. The molecule has 0 aliphatic rings. The number of nitrogens with one attached hydrogen (secondary N) is 1. The standard InChI is InChI=1S/C13H11ClN2O/c1-9-5-4-8-12(15-9)13(17)16-11-7-3-2-6-10(11)14/h2-8H,1H3,(H,16,17). The Balaban J connectivity index is 2.20. The molecule has 1 aromatic carbocycles. The van der Waals surface area contributed by atoms with Crippen molar-refractivity contribution < 1.29 is 4.79 Å². The van der Waals surface area contributed by atoms with E-state index < -0.39 is 0 Å². The summed E-state index contributed by atoms with van der Waals surface area (Å²) in [6.07, 6.45) is 0. The predicted octanol–water partition coefficient (Wildman–Crippen LogP) is 3.30. The number of pyridine rings is 1. The molecule has 1 aromatic heterocycles. The van der Waals surface area contributed by atoms with Crippen molar-refractivity contribution in [3.05, 3.63) is 58.9 Å². The lowest BCUT2D eigenvalue weighted by Crippen LogP contribution is -2.14. The largest absolute Gasteiger partial charge is 0.319 e. The van der Waals surface area contributed by atoms with Crippen molar-refractivity contribution in [3.63, 3.8) is 0 Å². The van der Waals surface area contributed by atoms with Crippen molar-refractivity contribution in [1.82, 2.24) is 4.98 Å². The minimum atomic E-state index is -0.262. The lowest BCUT2D eigenvalue weighted by Gasteiger charge is -2.06. The molecule has 1 N–H and O–H groups in total. The molecule has 0 saturated carbocycles. The average Bonchev–Trinajstić information content (AvgIpc) is 2.32. The smallest absolute Gasteiger partial charge is 0.274 e. The van der Waals surface area contributed by atoms with E-state index in [1.165, 1.54) is 0 Å². The summed E-state index contributed by atoms with van der Waals surface area (Å²) in [6, 6.07) is 12.4. The molecule has 3 nitrogen and oxygen atoms in total. The molecular weight excluding hydrogens is 236 g/mol. The van der Waals surface area contributed by atoms with E-state index in [2.05, 4.69) is 10.3 Å². The van der Waals surface area contributed by atoms with Gasteiger partial charge in [-0.1, -0.05) is 29.8 Å². The summed E-state index contributed by atoms with van der Waals surface area (Å²) in [5.41, 5.74) is 1.77. The molecule has 0 aliphatic heterocycles. The van der Waals surface area contributed by atoms with E-state index in [-0.39, 0.29) is 5.91 Å². The van der Waals surface area contributed by atoms with Crippen molar-refractivity contribution in [2.75, 3.05) is 5.32 Å². The Bertz CT molecular complexity index is 555. The van der Waals surface area contributed by atoms with E-state index in [0.717, 1.165) is 5.69 Å². The minimum Gasteiger partial charge on any atom is -0.319 e. The number of benzene rings is 1. The van der Waals surface area contributed by atoms with E-state index in [4.69, 9.17) is 11.6 Å². The van der Waals surface area contributed by atoms with Gasteiger partial charge in [-0.3, -0.25) is 4.79 Å².